The number of carbonyl (C=O) groups is 1. The Labute approximate surface area is 147 Å². The average molecular weight is 359 g/mol. The number of fused-ring (bicyclic) bond motifs is 1. The van der Waals surface area contributed by atoms with E-state index in [1.807, 2.05) is 18.2 Å². The second-order valence-electron chi connectivity index (χ2n) is 6.95. The van der Waals surface area contributed by atoms with Crippen LogP contribution in [-0.4, -0.2) is 16.1 Å². The fraction of sp³-hybridized carbons (Fsp3) is 0.250. The van der Waals surface area contributed by atoms with E-state index in [9.17, 15) is 23.1 Å². The fourth-order valence-electron chi connectivity index (χ4n) is 3.32. The smallest absolute Gasteiger partial charge is 0.416 e. The van der Waals surface area contributed by atoms with Crippen LogP contribution in [-0.2, 0) is 17.4 Å². The molecule has 0 spiro atoms. The van der Waals surface area contributed by atoms with E-state index in [0.717, 1.165) is 28.6 Å². The highest BCUT2D eigenvalue weighted by molar-refractivity contribution is 5.87. The van der Waals surface area contributed by atoms with Crippen molar-refractivity contribution in [2.24, 2.45) is 5.41 Å². The molecule has 3 aromatic rings. The predicted octanol–water partition coefficient (Wildman–Crippen LogP) is 5.26. The maximum atomic E-state index is 12.9. The van der Waals surface area contributed by atoms with Crippen LogP contribution in [0.15, 0.2) is 48.5 Å². The molecule has 26 heavy (non-hydrogen) atoms. The second kappa shape index (κ2) is 5.62. The molecule has 134 valence electrons. The third-order valence-electron chi connectivity index (χ3n) is 5.04. The zero-order chi connectivity index (χ0) is 18.5. The van der Waals surface area contributed by atoms with Gasteiger partial charge in [-0.2, -0.15) is 13.2 Å². The van der Waals surface area contributed by atoms with E-state index in [0.29, 0.717) is 30.5 Å². The first-order valence-electron chi connectivity index (χ1n) is 8.30. The standard InChI is InChI=1S/C20H16F3NO2/c21-20(22,23)15-3-1-2-13(9-15)17-10-14-8-12(4-5-16(14)24-17)11-19(6-7-19)18(25)26/h1-5,8-10,24H,6-7,11H2,(H,25,26). The van der Waals surface area contributed by atoms with Crippen LogP contribution in [0.5, 0.6) is 0 Å². The highest BCUT2D eigenvalue weighted by atomic mass is 19.4. The summed E-state index contributed by atoms with van der Waals surface area (Å²) in [6, 6.07) is 12.6. The molecule has 1 aliphatic carbocycles. The lowest BCUT2D eigenvalue weighted by atomic mass is 9.96. The van der Waals surface area contributed by atoms with E-state index >= 15 is 0 Å². The summed E-state index contributed by atoms with van der Waals surface area (Å²) in [5.74, 6) is -0.767. The Morgan fingerprint density at radius 3 is 2.54 bits per heavy atom. The van der Waals surface area contributed by atoms with Crippen LogP contribution in [0.3, 0.4) is 0 Å². The molecule has 1 aliphatic rings. The summed E-state index contributed by atoms with van der Waals surface area (Å²) in [6.07, 6.45) is -2.54. The third-order valence-corrected chi connectivity index (χ3v) is 5.04. The number of aromatic amines is 1. The molecule has 6 heteroatoms. The normalized spacial score (nSPS) is 16.0. The molecule has 0 aliphatic heterocycles. The van der Waals surface area contributed by atoms with Gasteiger partial charge in [-0.05, 0) is 60.7 Å². The summed E-state index contributed by atoms with van der Waals surface area (Å²) in [4.78, 5) is 14.5. The van der Waals surface area contributed by atoms with Crippen LogP contribution in [0.2, 0.25) is 0 Å². The van der Waals surface area contributed by atoms with Gasteiger partial charge in [-0.3, -0.25) is 4.79 Å². The van der Waals surface area contributed by atoms with Crippen molar-refractivity contribution in [1.82, 2.24) is 4.98 Å². The summed E-state index contributed by atoms with van der Waals surface area (Å²) in [6.45, 7) is 0. The Morgan fingerprint density at radius 1 is 1.12 bits per heavy atom. The van der Waals surface area contributed by atoms with Crippen molar-refractivity contribution in [3.05, 3.63) is 59.7 Å². The summed E-state index contributed by atoms with van der Waals surface area (Å²) in [7, 11) is 0. The fourth-order valence-corrected chi connectivity index (χ4v) is 3.32. The topological polar surface area (TPSA) is 53.1 Å². The lowest BCUT2D eigenvalue weighted by Crippen LogP contribution is -2.17. The molecule has 4 rings (SSSR count). The molecule has 1 heterocycles. The number of nitrogens with one attached hydrogen (secondary N) is 1. The van der Waals surface area contributed by atoms with Crippen molar-refractivity contribution in [1.29, 1.82) is 0 Å². The van der Waals surface area contributed by atoms with E-state index in [2.05, 4.69) is 4.98 Å². The maximum absolute atomic E-state index is 12.9. The summed E-state index contributed by atoms with van der Waals surface area (Å²) in [5, 5.41) is 10.2. The molecule has 0 amide bonds. The zero-order valence-electron chi connectivity index (χ0n) is 13.7. The van der Waals surface area contributed by atoms with E-state index in [4.69, 9.17) is 0 Å². The van der Waals surface area contributed by atoms with Gasteiger partial charge >= 0.3 is 12.1 Å². The molecule has 1 aromatic heterocycles. The Bertz CT molecular complexity index is 1000. The number of alkyl halides is 3. The average Bonchev–Trinajstić information content (AvgIpc) is 3.25. The number of rotatable bonds is 4. The van der Waals surface area contributed by atoms with E-state index < -0.39 is 23.1 Å². The minimum atomic E-state index is -4.38. The molecule has 1 fully saturated rings. The van der Waals surface area contributed by atoms with Crippen LogP contribution in [0.4, 0.5) is 13.2 Å². The van der Waals surface area contributed by atoms with Crippen LogP contribution < -0.4 is 0 Å². The first kappa shape index (κ1) is 16.7. The Hall–Kier alpha value is -2.76. The molecule has 0 bridgehead atoms. The van der Waals surface area contributed by atoms with Crippen molar-refractivity contribution >= 4 is 16.9 Å². The van der Waals surface area contributed by atoms with Gasteiger partial charge in [-0.1, -0.05) is 18.2 Å². The number of aromatic nitrogens is 1. The molecule has 1 saturated carbocycles. The molecule has 0 unspecified atom stereocenters. The van der Waals surface area contributed by atoms with Gasteiger partial charge in [-0.25, -0.2) is 0 Å². The van der Waals surface area contributed by atoms with Gasteiger partial charge in [0.1, 0.15) is 0 Å². The Balaban J connectivity index is 1.67. The van der Waals surface area contributed by atoms with Crippen molar-refractivity contribution in [3.8, 4) is 11.3 Å². The van der Waals surface area contributed by atoms with Gasteiger partial charge in [0.15, 0.2) is 0 Å². The molecule has 2 aromatic carbocycles. The zero-order valence-corrected chi connectivity index (χ0v) is 13.7. The van der Waals surface area contributed by atoms with Crippen molar-refractivity contribution in [3.63, 3.8) is 0 Å². The number of aliphatic carboxylic acids is 1. The number of benzene rings is 2. The minimum absolute atomic E-state index is 0.460. The summed E-state index contributed by atoms with van der Waals surface area (Å²) in [5.41, 5.74) is 1.46. The van der Waals surface area contributed by atoms with Crippen molar-refractivity contribution in [2.75, 3.05) is 0 Å². The van der Waals surface area contributed by atoms with Crippen LogP contribution in [0.1, 0.15) is 24.0 Å². The van der Waals surface area contributed by atoms with Crippen LogP contribution in [0.25, 0.3) is 22.2 Å². The van der Waals surface area contributed by atoms with E-state index in [1.165, 1.54) is 6.07 Å². The van der Waals surface area contributed by atoms with Crippen LogP contribution >= 0.6 is 0 Å². The molecule has 0 saturated heterocycles. The van der Waals surface area contributed by atoms with Gasteiger partial charge in [0.2, 0.25) is 0 Å². The van der Waals surface area contributed by atoms with E-state index in [1.54, 1.807) is 12.1 Å². The Morgan fingerprint density at radius 2 is 1.88 bits per heavy atom. The van der Waals surface area contributed by atoms with Crippen LogP contribution in [0, 0.1) is 5.41 Å². The van der Waals surface area contributed by atoms with Gasteiger partial charge in [0.05, 0.1) is 11.0 Å². The summed E-state index contributed by atoms with van der Waals surface area (Å²) < 4.78 is 38.7. The van der Waals surface area contributed by atoms with Gasteiger partial charge in [-0.15, -0.1) is 0 Å². The number of halogens is 3. The molecule has 3 nitrogen and oxygen atoms in total. The van der Waals surface area contributed by atoms with E-state index in [-0.39, 0.29) is 0 Å². The minimum Gasteiger partial charge on any atom is -0.481 e. The number of hydrogen-bond acceptors (Lipinski definition) is 1. The molecular weight excluding hydrogens is 343 g/mol. The second-order valence-corrected chi connectivity index (χ2v) is 6.95. The molecule has 2 N–H and O–H groups in total. The quantitative estimate of drug-likeness (QED) is 0.667. The van der Waals surface area contributed by atoms with Gasteiger partial charge < -0.3 is 10.1 Å². The first-order chi connectivity index (χ1) is 12.3. The highest BCUT2D eigenvalue weighted by Gasteiger charge is 2.49. The number of H-pyrrole nitrogens is 1. The largest absolute Gasteiger partial charge is 0.481 e. The van der Waals surface area contributed by atoms with Crippen molar-refractivity contribution in [2.45, 2.75) is 25.4 Å². The lowest BCUT2D eigenvalue weighted by Gasteiger charge is -2.09. The highest BCUT2D eigenvalue weighted by Crippen LogP contribution is 2.48. The van der Waals surface area contributed by atoms with Gasteiger partial charge in [0.25, 0.3) is 0 Å². The predicted molar refractivity (Wildman–Crippen MR) is 91.7 cm³/mol. The monoisotopic (exact) mass is 359 g/mol. The third kappa shape index (κ3) is 2.96. The Kier molecular flexibility index (Phi) is 3.61. The SMILES string of the molecule is O=C(O)C1(Cc2ccc3[nH]c(-c4cccc(C(F)(F)F)c4)cc3c2)CC1. The van der Waals surface area contributed by atoms with Crippen molar-refractivity contribution < 1.29 is 23.1 Å². The van der Waals surface area contributed by atoms with Gasteiger partial charge in [0, 0.05) is 16.6 Å². The summed E-state index contributed by atoms with van der Waals surface area (Å²) >= 11 is 0. The first-order valence-corrected chi connectivity index (χ1v) is 8.30. The molecule has 0 atom stereocenters. The maximum Gasteiger partial charge on any atom is 0.416 e. The molecule has 0 radical (unpaired) electrons. The number of carboxylic acid groups (broad SMARTS) is 1. The number of hydrogen-bond donors (Lipinski definition) is 2. The number of carboxylic acids is 1. The lowest BCUT2D eigenvalue weighted by molar-refractivity contribution is -0.143. The molecular formula is C20H16F3NO2.